The lowest BCUT2D eigenvalue weighted by Crippen LogP contribution is -2.28. The predicted octanol–water partition coefficient (Wildman–Crippen LogP) is 4.88. The fourth-order valence-electron chi connectivity index (χ4n) is 3.41. The molecule has 32 heavy (non-hydrogen) atoms. The minimum atomic E-state index is -4.47. The van der Waals surface area contributed by atoms with Crippen LogP contribution in [0, 0.1) is 0 Å². The van der Waals surface area contributed by atoms with Gasteiger partial charge in [0, 0.05) is 30.1 Å². The van der Waals surface area contributed by atoms with Crippen molar-refractivity contribution in [1.29, 1.82) is 0 Å². The largest absolute Gasteiger partial charge is 0.465 e. The molecule has 1 amide bonds. The lowest BCUT2D eigenvalue weighted by molar-refractivity contribution is -0.137. The van der Waals surface area contributed by atoms with Crippen LogP contribution in [0.4, 0.5) is 18.9 Å². The fourth-order valence-corrected chi connectivity index (χ4v) is 3.41. The maximum Gasteiger partial charge on any atom is 0.417 e. The van der Waals surface area contributed by atoms with Gasteiger partial charge in [0.15, 0.2) is 0 Å². The average Bonchev–Trinajstić information content (AvgIpc) is 3.21. The Morgan fingerprint density at radius 3 is 2.34 bits per heavy atom. The normalized spacial score (nSPS) is 12.9. The van der Waals surface area contributed by atoms with Gasteiger partial charge in [-0.1, -0.05) is 0 Å². The highest BCUT2D eigenvalue weighted by molar-refractivity contribution is 6.07. The molecule has 9 heteroatoms. The van der Waals surface area contributed by atoms with Gasteiger partial charge in [0.05, 0.1) is 18.2 Å². The van der Waals surface area contributed by atoms with E-state index in [0.717, 1.165) is 23.4 Å². The quantitative estimate of drug-likeness (QED) is 0.539. The molecule has 0 saturated heterocycles. The van der Waals surface area contributed by atoms with Crippen LogP contribution in [0.2, 0.25) is 0 Å². The first kappa shape index (κ1) is 21.4. The number of nitrogens with zero attached hydrogens (tertiary/aromatic N) is 2. The molecule has 0 bridgehead atoms. The van der Waals surface area contributed by atoms with E-state index in [4.69, 9.17) is 9.47 Å². The monoisotopic (exact) mass is 442 g/mol. The van der Waals surface area contributed by atoms with Crippen molar-refractivity contribution in [2.24, 2.45) is 0 Å². The zero-order valence-corrected chi connectivity index (χ0v) is 16.8. The number of hydrogen-bond donors (Lipinski definition) is 0. The zero-order valence-electron chi connectivity index (χ0n) is 16.8. The van der Waals surface area contributed by atoms with Crippen LogP contribution >= 0.6 is 0 Å². The number of carbonyl (C=O) groups is 2. The topological polar surface area (TPSA) is 68.7 Å². The van der Waals surface area contributed by atoms with E-state index in [0.29, 0.717) is 36.0 Å². The van der Waals surface area contributed by atoms with Gasteiger partial charge < -0.3 is 14.4 Å². The number of ether oxygens (including phenoxy) is 2. The Balaban J connectivity index is 1.46. The van der Waals surface area contributed by atoms with Crippen LogP contribution in [0.15, 0.2) is 60.8 Å². The molecule has 0 N–H and O–H groups in total. The van der Waals surface area contributed by atoms with Gasteiger partial charge in [-0.3, -0.25) is 4.79 Å². The third-order valence-corrected chi connectivity index (χ3v) is 5.03. The molecule has 0 aliphatic carbocycles. The summed E-state index contributed by atoms with van der Waals surface area (Å²) in [5.74, 6) is -0.310. The summed E-state index contributed by atoms with van der Waals surface area (Å²) in [6.45, 7) is 0.479. The first-order valence-corrected chi connectivity index (χ1v) is 9.60. The number of esters is 1. The number of hydrogen-bond acceptors (Lipinski definition) is 5. The first-order valence-electron chi connectivity index (χ1n) is 9.60. The maximum atomic E-state index is 13.0. The molecule has 3 aromatic rings. The number of anilines is 1. The lowest BCUT2D eigenvalue weighted by atomic mass is 10.1. The van der Waals surface area contributed by atoms with Gasteiger partial charge in [-0.2, -0.15) is 13.2 Å². The Morgan fingerprint density at radius 2 is 1.72 bits per heavy atom. The molecule has 6 nitrogen and oxygen atoms in total. The zero-order chi connectivity index (χ0) is 22.9. The average molecular weight is 442 g/mol. The number of fused-ring (bicyclic) bond motifs is 1. The molecule has 1 aromatic heterocycles. The first-order chi connectivity index (χ1) is 15.3. The summed E-state index contributed by atoms with van der Waals surface area (Å²) >= 11 is 0. The van der Waals surface area contributed by atoms with Gasteiger partial charge in [0.25, 0.3) is 5.91 Å². The molecule has 0 radical (unpaired) electrons. The molecule has 1 aliphatic rings. The number of benzene rings is 2. The van der Waals surface area contributed by atoms with Crippen molar-refractivity contribution in [3.05, 3.63) is 83.0 Å². The van der Waals surface area contributed by atoms with Gasteiger partial charge in [-0.15, -0.1) is 0 Å². The highest BCUT2D eigenvalue weighted by atomic mass is 19.4. The summed E-state index contributed by atoms with van der Waals surface area (Å²) in [5, 5.41) is 0. The molecule has 0 unspecified atom stereocenters. The minimum absolute atomic E-state index is 0.00644. The second-order valence-electron chi connectivity index (χ2n) is 7.05. The van der Waals surface area contributed by atoms with Crippen molar-refractivity contribution < 1.29 is 32.2 Å². The van der Waals surface area contributed by atoms with Crippen molar-refractivity contribution in [3.63, 3.8) is 0 Å². The number of methoxy groups -OCH3 is 1. The van der Waals surface area contributed by atoms with E-state index in [1.54, 1.807) is 47.4 Å². The predicted molar refractivity (Wildman–Crippen MR) is 109 cm³/mol. The second kappa shape index (κ2) is 8.33. The highest BCUT2D eigenvalue weighted by Gasteiger charge is 2.31. The van der Waals surface area contributed by atoms with Gasteiger partial charge in [-0.05, 0) is 60.5 Å². The Hall–Kier alpha value is -3.88. The van der Waals surface area contributed by atoms with E-state index in [1.807, 2.05) is 0 Å². The van der Waals surface area contributed by atoms with Crippen LogP contribution in [0.1, 0.15) is 31.8 Å². The van der Waals surface area contributed by atoms with E-state index in [2.05, 4.69) is 4.98 Å². The van der Waals surface area contributed by atoms with Crippen molar-refractivity contribution >= 4 is 17.6 Å². The highest BCUT2D eigenvalue weighted by Crippen LogP contribution is 2.32. The van der Waals surface area contributed by atoms with Gasteiger partial charge in [-0.25, -0.2) is 9.78 Å². The number of rotatable bonds is 4. The summed E-state index contributed by atoms with van der Waals surface area (Å²) in [5.41, 5.74) is 1.60. The van der Waals surface area contributed by atoms with E-state index in [1.165, 1.54) is 7.11 Å². The third-order valence-electron chi connectivity index (χ3n) is 5.03. The molecule has 164 valence electrons. The van der Waals surface area contributed by atoms with Crippen molar-refractivity contribution in [2.45, 2.75) is 12.6 Å². The Morgan fingerprint density at radius 1 is 1.00 bits per heavy atom. The van der Waals surface area contributed by atoms with Crippen molar-refractivity contribution in [2.75, 3.05) is 18.6 Å². The van der Waals surface area contributed by atoms with Crippen LogP contribution in [-0.4, -0.2) is 30.5 Å². The number of amides is 1. The van der Waals surface area contributed by atoms with E-state index in [-0.39, 0.29) is 11.8 Å². The van der Waals surface area contributed by atoms with Crippen LogP contribution < -0.4 is 9.64 Å². The van der Waals surface area contributed by atoms with E-state index < -0.39 is 17.7 Å². The van der Waals surface area contributed by atoms with Crippen LogP contribution in [0.5, 0.6) is 11.6 Å². The van der Waals surface area contributed by atoms with E-state index >= 15 is 0 Å². The van der Waals surface area contributed by atoms with E-state index in [9.17, 15) is 22.8 Å². The van der Waals surface area contributed by atoms with Crippen molar-refractivity contribution in [3.8, 4) is 11.6 Å². The van der Waals surface area contributed by atoms with Crippen molar-refractivity contribution in [1.82, 2.24) is 4.98 Å². The molecule has 2 aromatic carbocycles. The molecular weight excluding hydrogens is 425 g/mol. The number of carbonyl (C=O) groups excluding carboxylic acids is 2. The summed E-state index contributed by atoms with van der Waals surface area (Å²) in [4.78, 5) is 30.0. The number of aromatic nitrogens is 1. The van der Waals surface area contributed by atoms with Gasteiger partial charge in [0.1, 0.15) is 5.75 Å². The summed E-state index contributed by atoms with van der Waals surface area (Å²) in [6, 6.07) is 13.3. The van der Waals surface area contributed by atoms with Crippen LogP contribution in [-0.2, 0) is 17.3 Å². The smallest absolute Gasteiger partial charge is 0.417 e. The molecule has 1 aliphatic heterocycles. The van der Waals surface area contributed by atoms with Crippen LogP contribution in [0.3, 0.4) is 0 Å². The molecule has 0 saturated carbocycles. The standard InChI is InChI=1S/C23H17F3N2O4/c1-31-22(30)16-4-8-19-15(12-16)10-11-28(19)21(29)14-2-6-18(7-3-14)32-20-9-5-17(13-27-20)23(24,25)26/h2-9,12-13H,10-11H2,1H3. The van der Waals surface area contributed by atoms with Gasteiger partial charge in [0.2, 0.25) is 5.88 Å². The number of halogens is 3. The third kappa shape index (κ3) is 4.27. The molecule has 2 heterocycles. The molecule has 4 rings (SSSR count). The summed E-state index contributed by atoms with van der Waals surface area (Å²) in [6.07, 6.45) is -3.15. The lowest BCUT2D eigenvalue weighted by Gasteiger charge is -2.18. The number of alkyl halides is 3. The Bertz CT molecular complexity index is 1160. The summed E-state index contributed by atoms with van der Waals surface area (Å²) < 4.78 is 48.1. The molecule has 0 spiro atoms. The fraction of sp³-hybridized carbons (Fsp3) is 0.174. The van der Waals surface area contributed by atoms with Crippen LogP contribution in [0.25, 0.3) is 0 Å². The Labute approximate surface area is 181 Å². The second-order valence-corrected chi connectivity index (χ2v) is 7.05. The summed E-state index contributed by atoms with van der Waals surface area (Å²) in [7, 11) is 1.31. The SMILES string of the molecule is COC(=O)c1ccc2c(c1)CCN2C(=O)c1ccc(Oc2ccc(C(F)(F)F)cn2)cc1. The minimum Gasteiger partial charge on any atom is -0.465 e. The maximum absolute atomic E-state index is 13.0. The molecule has 0 fully saturated rings. The number of pyridine rings is 1. The molecular formula is C23H17F3N2O4. The Kier molecular flexibility index (Phi) is 5.56. The van der Waals surface area contributed by atoms with Gasteiger partial charge >= 0.3 is 12.1 Å². The molecule has 0 atom stereocenters.